The lowest BCUT2D eigenvalue weighted by molar-refractivity contribution is -0.128. The van der Waals surface area contributed by atoms with Crippen molar-refractivity contribution in [2.45, 2.75) is 70.8 Å². The average Bonchev–Trinajstić information content (AvgIpc) is 2.46. The first-order valence-corrected chi connectivity index (χ1v) is 8.25. The number of fused-ring (bicyclic) bond motifs is 1. The summed E-state index contributed by atoms with van der Waals surface area (Å²) in [7, 11) is 0. The molecular weight excluding hydrogens is 236 g/mol. The van der Waals surface area contributed by atoms with E-state index in [1.807, 2.05) is 0 Å². The van der Waals surface area contributed by atoms with Gasteiger partial charge in [-0.1, -0.05) is 39.0 Å². The number of carbonyl (C=O) groups excluding carboxylic acids is 1. The molecule has 4 atom stereocenters. The third-order valence-electron chi connectivity index (χ3n) is 5.18. The lowest BCUT2D eigenvalue weighted by atomic mass is 9.67. The summed E-state index contributed by atoms with van der Waals surface area (Å²) in [5.41, 5.74) is 5.73. The molecule has 2 aliphatic carbocycles. The minimum absolute atomic E-state index is 0.182. The van der Waals surface area contributed by atoms with Crippen molar-refractivity contribution in [3.05, 3.63) is 0 Å². The van der Waals surface area contributed by atoms with Crippen LogP contribution in [0.5, 0.6) is 0 Å². The van der Waals surface area contributed by atoms with Crippen LogP contribution in [0.25, 0.3) is 0 Å². The van der Waals surface area contributed by atoms with Crippen LogP contribution in [0.1, 0.15) is 64.7 Å². The third kappa shape index (κ3) is 3.95. The predicted octanol–water partition coefficient (Wildman–Crippen LogP) is 2.84. The first-order chi connectivity index (χ1) is 9.24. The Morgan fingerprint density at radius 3 is 2.63 bits per heavy atom. The van der Waals surface area contributed by atoms with Gasteiger partial charge in [0, 0.05) is 18.5 Å². The van der Waals surface area contributed by atoms with Gasteiger partial charge in [0.2, 0.25) is 5.91 Å². The Morgan fingerprint density at radius 1 is 1.21 bits per heavy atom. The van der Waals surface area contributed by atoms with E-state index < -0.39 is 0 Å². The van der Waals surface area contributed by atoms with Crippen LogP contribution in [-0.4, -0.2) is 18.5 Å². The Morgan fingerprint density at radius 2 is 1.95 bits per heavy atom. The first kappa shape index (κ1) is 14.8. The highest BCUT2D eigenvalue weighted by molar-refractivity contribution is 5.79. The normalized spacial score (nSPS) is 32.4. The van der Waals surface area contributed by atoms with E-state index >= 15 is 0 Å². The largest absolute Gasteiger partial charge is 0.352 e. The van der Waals surface area contributed by atoms with Gasteiger partial charge in [-0.25, -0.2) is 0 Å². The molecule has 4 unspecified atom stereocenters. The van der Waals surface area contributed by atoms with Gasteiger partial charge in [-0.05, 0) is 37.5 Å². The molecule has 2 rings (SSSR count). The summed E-state index contributed by atoms with van der Waals surface area (Å²) in [4.78, 5) is 12.4. The van der Waals surface area contributed by atoms with Crippen LogP contribution in [0.3, 0.4) is 0 Å². The fourth-order valence-electron chi connectivity index (χ4n) is 4.03. The summed E-state index contributed by atoms with van der Waals surface area (Å²) >= 11 is 0. The second-order valence-corrected chi connectivity index (χ2v) is 6.54. The maximum Gasteiger partial charge on any atom is 0.223 e. The molecule has 2 aliphatic rings. The Balaban J connectivity index is 1.82. The monoisotopic (exact) mass is 266 g/mol. The molecule has 3 heteroatoms. The molecule has 0 saturated heterocycles. The zero-order chi connectivity index (χ0) is 13.7. The van der Waals surface area contributed by atoms with E-state index in [1.165, 1.54) is 32.1 Å². The summed E-state index contributed by atoms with van der Waals surface area (Å²) < 4.78 is 0. The number of nitrogens with one attached hydrogen (secondary N) is 1. The first-order valence-electron chi connectivity index (χ1n) is 8.25. The number of carbonyl (C=O) groups is 1. The number of amides is 1. The quantitative estimate of drug-likeness (QED) is 0.804. The van der Waals surface area contributed by atoms with Crippen LogP contribution in [0.2, 0.25) is 0 Å². The van der Waals surface area contributed by atoms with Gasteiger partial charge in [-0.15, -0.1) is 0 Å². The molecule has 2 fully saturated rings. The summed E-state index contributed by atoms with van der Waals surface area (Å²) in [6, 6.07) is 0.182. The van der Waals surface area contributed by atoms with Crippen molar-refractivity contribution in [3.8, 4) is 0 Å². The summed E-state index contributed by atoms with van der Waals surface area (Å²) in [5, 5.41) is 3.17. The Hall–Kier alpha value is -0.570. The lowest BCUT2D eigenvalue weighted by Crippen LogP contribution is -2.45. The van der Waals surface area contributed by atoms with Gasteiger partial charge < -0.3 is 11.1 Å². The minimum atomic E-state index is 0.182. The highest BCUT2D eigenvalue weighted by Gasteiger charge is 2.35. The fourth-order valence-corrected chi connectivity index (χ4v) is 4.03. The van der Waals surface area contributed by atoms with E-state index in [9.17, 15) is 4.79 Å². The average molecular weight is 266 g/mol. The summed E-state index contributed by atoms with van der Waals surface area (Å²) in [5.74, 6) is 2.26. The summed E-state index contributed by atoms with van der Waals surface area (Å²) in [6.07, 6.45) is 11.1. The molecule has 0 heterocycles. The molecule has 0 aromatic heterocycles. The van der Waals surface area contributed by atoms with Gasteiger partial charge in [-0.2, -0.15) is 0 Å². The van der Waals surface area contributed by atoms with Crippen LogP contribution in [-0.2, 0) is 4.79 Å². The highest BCUT2D eigenvalue weighted by Crippen LogP contribution is 2.42. The van der Waals surface area contributed by atoms with Crippen LogP contribution in [0.4, 0.5) is 0 Å². The van der Waals surface area contributed by atoms with Gasteiger partial charge in [0.25, 0.3) is 0 Å². The summed E-state index contributed by atoms with van der Waals surface area (Å²) in [6.45, 7) is 2.71. The van der Waals surface area contributed by atoms with Gasteiger partial charge in [0.05, 0.1) is 0 Å². The molecule has 0 aromatic rings. The Labute approximate surface area is 117 Å². The Bertz CT molecular complexity index is 292. The van der Waals surface area contributed by atoms with Crippen LogP contribution >= 0.6 is 0 Å². The zero-order valence-electron chi connectivity index (χ0n) is 12.4. The van der Waals surface area contributed by atoms with Crippen molar-refractivity contribution < 1.29 is 4.79 Å². The van der Waals surface area contributed by atoms with Gasteiger partial charge >= 0.3 is 0 Å². The number of nitrogens with two attached hydrogens (primary N) is 1. The second kappa shape index (κ2) is 7.28. The van der Waals surface area contributed by atoms with Crippen LogP contribution < -0.4 is 11.1 Å². The van der Waals surface area contributed by atoms with E-state index in [2.05, 4.69) is 12.2 Å². The van der Waals surface area contributed by atoms with E-state index in [1.54, 1.807) is 0 Å². The molecule has 3 N–H and O–H groups in total. The molecule has 3 nitrogen and oxygen atoms in total. The molecule has 0 bridgehead atoms. The highest BCUT2D eigenvalue weighted by atomic mass is 16.1. The molecule has 0 radical (unpaired) electrons. The number of hydrogen-bond acceptors (Lipinski definition) is 2. The standard InChI is InChI=1S/C16H30N2O/c1-2-5-15(11-17)18-16(19)14-9-8-12-6-3-4-7-13(12)10-14/h12-15H,2-11,17H2,1H3,(H,18,19). The van der Waals surface area contributed by atoms with Crippen molar-refractivity contribution in [1.82, 2.24) is 5.32 Å². The van der Waals surface area contributed by atoms with E-state index in [0.717, 1.165) is 37.5 Å². The van der Waals surface area contributed by atoms with Crippen molar-refractivity contribution in [2.24, 2.45) is 23.5 Å². The van der Waals surface area contributed by atoms with Crippen LogP contribution in [0.15, 0.2) is 0 Å². The maximum absolute atomic E-state index is 12.4. The molecule has 1 amide bonds. The third-order valence-corrected chi connectivity index (χ3v) is 5.18. The minimum Gasteiger partial charge on any atom is -0.352 e. The topological polar surface area (TPSA) is 55.1 Å². The molecule has 110 valence electrons. The molecule has 0 aromatic carbocycles. The van der Waals surface area contributed by atoms with Gasteiger partial charge in [0.15, 0.2) is 0 Å². The molecular formula is C16H30N2O. The molecule has 19 heavy (non-hydrogen) atoms. The maximum atomic E-state index is 12.4. The smallest absolute Gasteiger partial charge is 0.223 e. The van der Waals surface area contributed by atoms with E-state index in [0.29, 0.717) is 6.54 Å². The zero-order valence-corrected chi connectivity index (χ0v) is 12.4. The van der Waals surface area contributed by atoms with Crippen molar-refractivity contribution in [2.75, 3.05) is 6.54 Å². The predicted molar refractivity (Wildman–Crippen MR) is 78.7 cm³/mol. The van der Waals surface area contributed by atoms with Crippen molar-refractivity contribution in [3.63, 3.8) is 0 Å². The van der Waals surface area contributed by atoms with Crippen molar-refractivity contribution in [1.29, 1.82) is 0 Å². The van der Waals surface area contributed by atoms with E-state index in [4.69, 9.17) is 5.73 Å². The van der Waals surface area contributed by atoms with Crippen LogP contribution in [0, 0.1) is 17.8 Å². The molecule has 0 aliphatic heterocycles. The molecule has 2 saturated carbocycles. The lowest BCUT2D eigenvalue weighted by Gasteiger charge is -2.39. The van der Waals surface area contributed by atoms with E-state index in [-0.39, 0.29) is 17.9 Å². The Kier molecular flexibility index (Phi) is 5.68. The fraction of sp³-hybridized carbons (Fsp3) is 0.938. The number of hydrogen-bond donors (Lipinski definition) is 2. The number of rotatable bonds is 5. The molecule has 0 spiro atoms. The van der Waals surface area contributed by atoms with Gasteiger partial charge in [-0.3, -0.25) is 4.79 Å². The second-order valence-electron chi connectivity index (χ2n) is 6.54. The SMILES string of the molecule is CCCC(CN)NC(=O)C1CCC2CCCCC2C1. The van der Waals surface area contributed by atoms with Gasteiger partial charge in [0.1, 0.15) is 0 Å². The van der Waals surface area contributed by atoms with Crippen molar-refractivity contribution >= 4 is 5.91 Å².